The molecule has 0 bridgehead atoms. The summed E-state index contributed by atoms with van der Waals surface area (Å²) in [6.45, 7) is 0. The van der Waals surface area contributed by atoms with Gasteiger partial charge in [-0.2, -0.15) is 0 Å². The van der Waals surface area contributed by atoms with E-state index >= 15 is 0 Å². The van der Waals surface area contributed by atoms with Crippen LogP contribution >= 0.6 is 0 Å². The number of hydrogen-bond donors (Lipinski definition) is 0. The molecule has 80 heavy (non-hydrogen) atoms. The van der Waals surface area contributed by atoms with Crippen LogP contribution in [0.4, 0.5) is 34.1 Å². The van der Waals surface area contributed by atoms with Crippen LogP contribution in [0.2, 0.25) is 0 Å². The Morgan fingerprint density at radius 2 is 0.812 bits per heavy atom. The van der Waals surface area contributed by atoms with Gasteiger partial charge in [-0.15, -0.1) is 0 Å². The fourth-order valence-electron chi connectivity index (χ4n) is 12.7. The molecular weight excluding hydrogens is 967 g/mol. The van der Waals surface area contributed by atoms with Crippen molar-refractivity contribution in [3.05, 3.63) is 344 Å². The molecule has 3 nitrogen and oxygen atoms in total. The molecule has 0 spiro atoms. The first-order valence-corrected chi connectivity index (χ1v) is 27.3. The Bertz CT molecular complexity index is 4770. The Morgan fingerprint density at radius 1 is 0.287 bits per heavy atom. The summed E-state index contributed by atoms with van der Waals surface area (Å²) in [5.41, 5.74) is 16.6. The van der Waals surface area contributed by atoms with E-state index in [4.69, 9.17) is 0 Å². The van der Waals surface area contributed by atoms with E-state index in [-0.39, 0.29) is 35.4 Å². The van der Waals surface area contributed by atoms with Crippen LogP contribution in [0.5, 0.6) is 0 Å². The highest BCUT2D eigenvalue weighted by molar-refractivity contribution is 6.12. The molecular formula is C77H53N3. The van der Waals surface area contributed by atoms with Crippen LogP contribution in [0.25, 0.3) is 71.6 Å². The standard InChI is InChI=1S/C77H53N3/c1-6-24-54(25-7-1)64-34-17-20-41-73(64)80(62-49-51-70-69-36-18-21-42-74(69)79(76(70)53-62)59-32-14-5-15-33-59)75-43-23-38-65-63(37-22-39-68(65)75)55-44-46-60(47-45-55)78(58-30-12-4-13-31-58)61-48-50-67-66-35-16-19-40-71(66)77(72(67)52-61,56-26-8-2-9-27-56)57-28-10-3-11-29-57/h1-53H/i44D,45D,46D,47D. The first kappa shape index (κ1) is 42.6. The van der Waals surface area contributed by atoms with Crippen LogP contribution in [0.1, 0.15) is 27.7 Å². The highest BCUT2D eigenvalue weighted by Crippen LogP contribution is 2.57. The van der Waals surface area contributed by atoms with Gasteiger partial charge in [0.05, 0.1) is 33.3 Å². The number of fused-ring (bicyclic) bond motifs is 7. The Balaban J connectivity index is 0.924. The van der Waals surface area contributed by atoms with E-state index in [0.29, 0.717) is 16.9 Å². The minimum Gasteiger partial charge on any atom is -0.310 e. The third kappa shape index (κ3) is 7.58. The summed E-state index contributed by atoms with van der Waals surface area (Å²) in [4.78, 5) is 4.24. The van der Waals surface area contributed by atoms with Gasteiger partial charge in [-0.05, 0) is 134 Å². The average Bonchev–Trinajstić information content (AvgIpc) is 1.60. The van der Waals surface area contributed by atoms with E-state index in [2.05, 4.69) is 240 Å². The van der Waals surface area contributed by atoms with E-state index in [1.165, 1.54) is 5.56 Å². The zero-order valence-corrected chi connectivity index (χ0v) is 43.6. The Kier molecular flexibility index (Phi) is 10.4. The molecule has 13 aromatic carbocycles. The summed E-state index contributed by atoms with van der Waals surface area (Å²) in [6, 6.07) is 103. The second-order valence-electron chi connectivity index (χ2n) is 20.4. The second-order valence-corrected chi connectivity index (χ2v) is 20.4. The Morgan fingerprint density at radius 3 is 1.56 bits per heavy atom. The maximum atomic E-state index is 10.1. The number of nitrogens with zero attached hydrogens (tertiary/aromatic N) is 3. The van der Waals surface area contributed by atoms with Gasteiger partial charge in [0.15, 0.2) is 0 Å². The van der Waals surface area contributed by atoms with E-state index in [1.807, 2.05) is 71.6 Å². The van der Waals surface area contributed by atoms with Gasteiger partial charge in [-0.3, -0.25) is 0 Å². The molecule has 0 amide bonds. The first-order chi connectivity index (χ1) is 41.4. The SMILES string of the molecule is [2H]c1c([2H])c(N(c2ccccc2)c2ccc3c(c2)C(c2ccccc2)(c2ccccc2)c2ccccc2-3)c([2H])c([2H])c1-c1cccc2c(N(c3ccc4c5ccccc5n(-c5ccccc5)c4c3)c3ccccc3-c3ccccc3)cccc12. The number of aromatic nitrogens is 1. The minimum absolute atomic E-state index is 0.133. The number of anilines is 6. The molecule has 1 aliphatic rings. The van der Waals surface area contributed by atoms with Crippen LogP contribution in [0.3, 0.4) is 0 Å². The monoisotopic (exact) mass is 1020 g/mol. The van der Waals surface area contributed by atoms with Gasteiger partial charge in [-0.1, -0.05) is 243 Å². The van der Waals surface area contributed by atoms with E-state index < -0.39 is 5.41 Å². The van der Waals surface area contributed by atoms with Crippen molar-refractivity contribution in [1.29, 1.82) is 0 Å². The summed E-state index contributed by atoms with van der Waals surface area (Å²) in [5.74, 6) is 0. The van der Waals surface area contributed by atoms with E-state index in [1.54, 1.807) is 0 Å². The van der Waals surface area contributed by atoms with Gasteiger partial charge in [0.1, 0.15) is 0 Å². The lowest BCUT2D eigenvalue weighted by Gasteiger charge is -2.35. The number of benzene rings is 13. The predicted octanol–water partition coefficient (Wildman–Crippen LogP) is 20.6. The Labute approximate surface area is 472 Å². The average molecular weight is 1020 g/mol. The van der Waals surface area contributed by atoms with Crippen molar-refractivity contribution < 1.29 is 5.48 Å². The minimum atomic E-state index is -0.702. The lowest BCUT2D eigenvalue weighted by molar-refractivity contribution is 0.768. The lowest BCUT2D eigenvalue weighted by Crippen LogP contribution is -2.28. The van der Waals surface area contributed by atoms with Gasteiger partial charge in [0, 0.05) is 50.2 Å². The second kappa shape index (κ2) is 19.5. The predicted molar refractivity (Wildman–Crippen MR) is 336 cm³/mol. The Hall–Kier alpha value is -10.5. The van der Waals surface area contributed by atoms with Crippen molar-refractivity contribution in [3.63, 3.8) is 0 Å². The fourth-order valence-corrected chi connectivity index (χ4v) is 12.7. The molecule has 0 saturated heterocycles. The van der Waals surface area contributed by atoms with Gasteiger partial charge in [0.25, 0.3) is 0 Å². The molecule has 1 heterocycles. The van der Waals surface area contributed by atoms with E-state index in [0.717, 1.165) is 94.3 Å². The highest BCUT2D eigenvalue weighted by atomic mass is 15.2. The largest absolute Gasteiger partial charge is 0.310 e. The molecule has 0 aliphatic heterocycles. The van der Waals surface area contributed by atoms with Gasteiger partial charge < -0.3 is 14.4 Å². The molecule has 376 valence electrons. The van der Waals surface area contributed by atoms with Crippen LogP contribution in [0.15, 0.2) is 321 Å². The summed E-state index contributed by atoms with van der Waals surface area (Å²) >= 11 is 0. The molecule has 0 N–H and O–H groups in total. The van der Waals surface area contributed by atoms with Crippen LogP contribution in [-0.4, -0.2) is 4.57 Å². The van der Waals surface area contributed by atoms with E-state index in [9.17, 15) is 5.48 Å². The molecule has 15 rings (SSSR count). The fraction of sp³-hybridized carbons (Fsp3) is 0.0130. The molecule has 1 aromatic heterocycles. The van der Waals surface area contributed by atoms with Gasteiger partial charge in [-0.25, -0.2) is 0 Å². The molecule has 3 heteroatoms. The molecule has 0 radical (unpaired) electrons. The maximum Gasteiger partial charge on any atom is 0.0714 e. The van der Waals surface area contributed by atoms with Crippen LogP contribution in [0, 0.1) is 0 Å². The maximum absolute atomic E-state index is 10.1. The highest BCUT2D eigenvalue weighted by Gasteiger charge is 2.46. The zero-order chi connectivity index (χ0) is 56.5. The molecule has 1 aliphatic carbocycles. The smallest absolute Gasteiger partial charge is 0.0714 e. The van der Waals surface area contributed by atoms with Crippen LogP contribution in [-0.2, 0) is 5.41 Å². The number of rotatable bonds is 11. The summed E-state index contributed by atoms with van der Waals surface area (Å²) in [7, 11) is 0. The summed E-state index contributed by atoms with van der Waals surface area (Å²) < 4.78 is 42.9. The molecule has 0 fully saturated rings. The lowest BCUT2D eigenvalue weighted by atomic mass is 9.67. The molecule has 0 unspecified atom stereocenters. The molecule has 14 aromatic rings. The third-order valence-corrected chi connectivity index (χ3v) is 16.1. The third-order valence-electron chi connectivity index (χ3n) is 16.1. The van der Waals surface area contributed by atoms with Gasteiger partial charge in [0.2, 0.25) is 0 Å². The zero-order valence-electron chi connectivity index (χ0n) is 47.6. The van der Waals surface area contributed by atoms with Crippen molar-refractivity contribution in [3.8, 4) is 39.1 Å². The number of hydrogen-bond acceptors (Lipinski definition) is 2. The molecule has 0 atom stereocenters. The van der Waals surface area contributed by atoms with Crippen molar-refractivity contribution in [2.24, 2.45) is 0 Å². The van der Waals surface area contributed by atoms with Gasteiger partial charge >= 0.3 is 0 Å². The topological polar surface area (TPSA) is 11.4 Å². The quantitative estimate of drug-likeness (QED) is 0.128. The van der Waals surface area contributed by atoms with Crippen molar-refractivity contribution in [2.75, 3.05) is 9.80 Å². The normalized spacial score (nSPS) is 13.1. The van der Waals surface area contributed by atoms with Crippen molar-refractivity contribution in [2.45, 2.75) is 5.41 Å². The van der Waals surface area contributed by atoms with Crippen LogP contribution < -0.4 is 9.80 Å². The molecule has 0 saturated carbocycles. The first-order valence-electron chi connectivity index (χ1n) is 29.3. The summed E-state index contributed by atoms with van der Waals surface area (Å²) in [5, 5.41) is 3.98. The van der Waals surface area contributed by atoms with Crippen molar-refractivity contribution >= 4 is 66.7 Å². The van der Waals surface area contributed by atoms with Crippen molar-refractivity contribution in [1.82, 2.24) is 4.57 Å². The summed E-state index contributed by atoms with van der Waals surface area (Å²) in [6.07, 6.45) is 0. The number of para-hydroxylation sites is 4.